The predicted octanol–water partition coefficient (Wildman–Crippen LogP) is 4.02. The maximum absolute atomic E-state index is 10.9. The molecule has 0 saturated heterocycles. The van der Waals surface area contributed by atoms with Gasteiger partial charge in [0.15, 0.2) is 0 Å². The maximum Gasteiger partial charge on any atom is 0.292 e. The van der Waals surface area contributed by atoms with Crippen LogP contribution in [0.1, 0.15) is 19.3 Å². The van der Waals surface area contributed by atoms with Crippen LogP contribution in [0.5, 0.6) is 0 Å². The molecule has 1 N–H and O–H groups in total. The minimum Gasteiger partial charge on any atom is -0.379 e. The van der Waals surface area contributed by atoms with Crippen LogP contribution in [0.15, 0.2) is 30.4 Å². The molecule has 0 amide bonds. The standard InChI is InChI=1S/C13H15ClN2O2/c14-11-6-7-13(16(17)18)12(8-11)15-9-10-4-2-1-3-5-10/h1-2,6-8,10,15H,3-5,9H2. The second kappa shape index (κ2) is 5.87. The molecule has 1 unspecified atom stereocenters. The third-order valence-corrected chi connectivity index (χ3v) is 3.35. The van der Waals surface area contributed by atoms with Gasteiger partial charge in [-0.05, 0) is 37.3 Å². The van der Waals surface area contributed by atoms with Crippen molar-refractivity contribution in [2.75, 3.05) is 11.9 Å². The largest absolute Gasteiger partial charge is 0.379 e. The second-order valence-electron chi connectivity index (χ2n) is 4.45. The van der Waals surface area contributed by atoms with E-state index in [0.717, 1.165) is 25.8 Å². The molecule has 0 spiro atoms. The molecule has 2 rings (SSSR count). The van der Waals surface area contributed by atoms with Crippen molar-refractivity contribution in [3.8, 4) is 0 Å². The smallest absolute Gasteiger partial charge is 0.292 e. The summed E-state index contributed by atoms with van der Waals surface area (Å²) in [7, 11) is 0. The summed E-state index contributed by atoms with van der Waals surface area (Å²) in [4.78, 5) is 10.5. The first-order chi connectivity index (χ1) is 8.66. The van der Waals surface area contributed by atoms with Crippen LogP contribution in [0.25, 0.3) is 0 Å². The summed E-state index contributed by atoms with van der Waals surface area (Å²) in [6, 6.07) is 4.58. The lowest BCUT2D eigenvalue weighted by Crippen LogP contribution is -2.16. The second-order valence-corrected chi connectivity index (χ2v) is 4.89. The average molecular weight is 267 g/mol. The van der Waals surface area contributed by atoms with Gasteiger partial charge in [0.05, 0.1) is 4.92 Å². The van der Waals surface area contributed by atoms with E-state index in [2.05, 4.69) is 17.5 Å². The summed E-state index contributed by atoms with van der Waals surface area (Å²) in [5.41, 5.74) is 0.577. The molecule has 96 valence electrons. The topological polar surface area (TPSA) is 55.2 Å². The Bertz CT molecular complexity index is 474. The number of nitrogens with zero attached hydrogens (tertiary/aromatic N) is 1. The molecular weight excluding hydrogens is 252 g/mol. The lowest BCUT2D eigenvalue weighted by molar-refractivity contribution is -0.384. The molecule has 5 heteroatoms. The molecule has 0 fully saturated rings. The van der Waals surface area contributed by atoms with E-state index in [4.69, 9.17) is 11.6 Å². The minimum atomic E-state index is -0.389. The maximum atomic E-state index is 10.9. The summed E-state index contributed by atoms with van der Waals surface area (Å²) >= 11 is 5.87. The van der Waals surface area contributed by atoms with Crippen LogP contribution in [0, 0.1) is 16.0 Å². The Labute approximate surface area is 111 Å². The number of hydrogen-bond acceptors (Lipinski definition) is 3. The van der Waals surface area contributed by atoms with E-state index in [0.29, 0.717) is 16.6 Å². The van der Waals surface area contributed by atoms with Crippen molar-refractivity contribution in [3.05, 3.63) is 45.5 Å². The van der Waals surface area contributed by atoms with Crippen molar-refractivity contribution in [1.29, 1.82) is 0 Å². The van der Waals surface area contributed by atoms with E-state index in [1.54, 1.807) is 6.07 Å². The van der Waals surface area contributed by atoms with Crippen molar-refractivity contribution in [2.45, 2.75) is 19.3 Å². The van der Waals surface area contributed by atoms with Crippen LogP contribution in [0.3, 0.4) is 0 Å². The summed E-state index contributed by atoms with van der Waals surface area (Å²) in [6.45, 7) is 0.742. The number of benzene rings is 1. The highest BCUT2D eigenvalue weighted by molar-refractivity contribution is 6.31. The van der Waals surface area contributed by atoms with E-state index in [-0.39, 0.29) is 10.6 Å². The van der Waals surface area contributed by atoms with Crippen LogP contribution < -0.4 is 5.32 Å². The fraction of sp³-hybridized carbons (Fsp3) is 0.385. The van der Waals surface area contributed by atoms with Crippen molar-refractivity contribution in [3.63, 3.8) is 0 Å². The van der Waals surface area contributed by atoms with Gasteiger partial charge in [0.25, 0.3) is 5.69 Å². The van der Waals surface area contributed by atoms with E-state index in [1.807, 2.05) is 0 Å². The van der Waals surface area contributed by atoms with Crippen LogP contribution >= 0.6 is 11.6 Å². The lowest BCUT2D eigenvalue weighted by atomic mass is 9.94. The zero-order valence-electron chi connectivity index (χ0n) is 9.93. The number of nitro groups is 1. The molecule has 0 radical (unpaired) electrons. The Morgan fingerprint density at radius 3 is 2.94 bits per heavy atom. The first-order valence-electron chi connectivity index (χ1n) is 5.99. The Hall–Kier alpha value is -1.55. The quantitative estimate of drug-likeness (QED) is 0.509. The van der Waals surface area contributed by atoms with Gasteiger partial charge >= 0.3 is 0 Å². The summed E-state index contributed by atoms with van der Waals surface area (Å²) in [5.74, 6) is 0.536. The zero-order valence-corrected chi connectivity index (χ0v) is 10.7. The number of allylic oxidation sites excluding steroid dienone is 2. The van der Waals surface area contributed by atoms with Crippen LogP contribution in [-0.4, -0.2) is 11.5 Å². The van der Waals surface area contributed by atoms with E-state index >= 15 is 0 Å². The van der Waals surface area contributed by atoms with Crippen molar-refractivity contribution < 1.29 is 4.92 Å². The first-order valence-corrected chi connectivity index (χ1v) is 6.37. The van der Waals surface area contributed by atoms with Gasteiger partial charge in [-0.15, -0.1) is 0 Å². The molecule has 0 saturated carbocycles. The number of nitro benzene ring substituents is 1. The Morgan fingerprint density at radius 2 is 2.28 bits per heavy atom. The third-order valence-electron chi connectivity index (χ3n) is 3.11. The van der Waals surface area contributed by atoms with E-state index in [9.17, 15) is 10.1 Å². The van der Waals surface area contributed by atoms with Gasteiger partial charge < -0.3 is 5.32 Å². The van der Waals surface area contributed by atoms with E-state index in [1.165, 1.54) is 12.1 Å². The molecule has 1 aliphatic rings. The van der Waals surface area contributed by atoms with Gasteiger partial charge in [-0.25, -0.2) is 0 Å². The van der Waals surface area contributed by atoms with E-state index < -0.39 is 0 Å². The van der Waals surface area contributed by atoms with Crippen molar-refractivity contribution in [1.82, 2.24) is 0 Å². The molecule has 18 heavy (non-hydrogen) atoms. The molecule has 0 aromatic heterocycles. The Kier molecular flexibility index (Phi) is 4.20. The van der Waals surface area contributed by atoms with Gasteiger partial charge in [-0.1, -0.05) is 23.8 Å². The van der Waals surface area contributed by atoms with Gasteiger partial charge in [0.2, 0.25) is 0 Å². The fourth-order valence-corrected chi connectivity index (χ4v) is 2.28. The number of hydrogen-bond donors (Lipinski definition) is 1. The highest BCUT2D eigenvalue weighted by atomic mass is 35.5. The average Bonchev–Trinajstić information content (AvgIpc) is 2.37. The number of halogens is 1. The molecule has 0 bridgehead atoms. The SMILES string of the molecule is O=[N+]([O-])c1ccc(Cl)cc1NCC1CC=CCC1. The molecule has 4 nitrogen and oxygen atoms in total. The van der Waals surface area contributed by atoms with Crippen LogP contribution in [0.4, 0.5) is 11.4 Å². The zero-order chi connectivity index (χ0) is 13.0. The van der Waals surface area contributed by atoms with Crippen LogP contribution in [-0.2, 0) is 0 Å². The molecule has 1 atom stereocenters. The molecule has 1 aromatic rings. The summed E-state index contributed by atoms with van der Waals surface area (Å²) in [6.07, 6.45) is 7.59. The van der Waals surface area contributed by atoms with Gasteiger partial charge in [0, 0.05) is 17.6 Å². The first kappa shape index (κ1) is 12.9. The van der Waals surface area contributed by atoms with Gasteiger partial charge in [0.1, 0.15) is 5.69 Å². The fourth-order valence-electron chi connectivity index (χ4n) is 2.11. The molecule has 0 aliphatic heterocycles. The highest BCUT2D eigenvalue weighted by Gasteiger charge is 2.16. The third kappa shape index (κ3) is 3.23. The van der Waals surface area contributed by atoms with Gasteiger partial charge in [-0.3, -0.25) is 10.1 Å². The normalized spacial score (nSPS) is 18.6. The monoisotopic (exact) mass is 266 g/mol. The molecule has 0 heterocycles. The predicted molar refractivity (Wildman–Crippen MR) is 73.1 cm³/mol. The Morgan fingerprint density at radius 1 is 1.44 bits per heavy atom. The number of nitrogens with one attached hydrogen (secondary N) is 1. The number of anilines is 1. The van der Waals surface area contributed by atoms with Gasteiger partial charge in [-0.2, -0.15) is 0 Å². The summed E-state index contributed by atoms with van der Waals surface area (Å²) < 4.78 is 0. The summed E-state index contributed by atoms with van der Waals surface area (Å²) in [5, 5.41) is 14.5. The molecule has 1 aromatic carbocycles. The van der Waals surface area contributed by atoms with Crippen LogP contribution in [0.2, 0.25) is 5.02 Å². The minimum absolute atomic E-state index is 0.0748. The molecule has 1 aliphatic carbocycles. The van der Waals surface area contributed by atoms with Crippen molar-refractivity contribution >= 4 is 23.0 Å². The van der Waals surface area contributed by atoms with Crippen molar-refractivity contribution in [2.24, 2.45) is 5.92 Å². The number of rotatable bonds is 4. The highest BCUT2D eigenvalue weighted by Crippen LogP contribution is 2.28. The molecular formula is C13H15ClN2O2. The lowest BCUT2D eigenvalue weighted by Gasteiger charge is -2.18. The Balaban J connectivity index is 2.05.